The highest BCUT2D eigenvalue weighted by molar-refractivity contribution is 5.94. The second-order valence-electron chi connectivity index (χ2n) is 6.64. The summed E-state index contributed by atoms with van der Waals surface area (Å²) < 4.78 is 6.77. The summed E-state index contributed by atoms with van der Waals surface area (Å²) in [7, 11) is 1.58. The number of H-pyrrole nitrogens is 1. The lowest BCUT2D eigenvalue weighted by Crippen LogP contribution is -2.34. The molecule has 0 saturated carbocycles. The van der Waals surface area contributed by atoms with Gasteiger partial charge in [0.1, 0.15) is 18.5 Å². The Morgan fingerprint density at radius 1 is 1.17 bits per heavy atom. The first-order valence-electron chi connectivity index (χ1n) is 9.37. The van der Waals surface area contributed by atoms with Crippen LogP contribution < -0.4 is 5.56 Å². The summed E-state index contributed by atoms with van der Waals surface area (Å²) >= 11 is 0. The van der Waals surface area contributed by atoms with Crippen molar-refractivity contribution in [2.75, 3.05) is 20.3 Å². The third kappa shape index (κ3) is 4.11. The number of carbonyl (C=O) groups is 1. The number of nitrogens with one attached hydrogen (secondary N) is 1. The highest BCUT2D eigenvalue weighted by Crippen LogP contribution is 2.13. The van der Waals surface area contributed by atoms with Gasteiger partial charge in [0, 0.05) is 19.2 Å². The molecule has 1 amide bonds. The summed E-state index contributed by atoms with van der Waals surface area (Å²) in [5.74, 6) is 0.232. The molecule has 0 fully saturated rings. The number of hydrogen-bond donors (Lipinski definition) is 1. The van der Waals surface area contributed by atoms with Gasteiger partial charge in [-0.05, 0) is 36.4 Å². The van der Waals surface area contributed by atoms with Gasteiger partial charge in [-0.1, -0.05) is 12.1 Å². The number of benzene rings is 2. The number of amides is 1. The largest absolute Gasteiger partial charge is 0.383 e. The SMILES string of the molecule is COCCN(Cc1nc2ccccc2c(=O)[nH]1)C(=O)c1ccc(-n2cncn2)cc1. The average Bonchev–Trinajstić information content (AvgIpc) is 3.31. The number of fused-ring (bicyclic) bond motifs is 1. The topological polar surface area (TPSA) is 106 Å². The monoisotopic (exact) mass is 404 g/mol. The quantitative estimate of drug-likeness (QED) is 0.503. The molecule has 9 nitrogen and oxygen atoms in total. The van der Waals surface area contributed by atoms with Crippen molar-refractivity contribution >= 4 is 16.8 Å². The Morgan fingerprint density at radius 2 is 1.97 bits per heavy atom. The van der Waals surface area contributed by atoms with E-state index in [2.05, 4.69) is 20.1 Å². The van der Waals surface area contributed by atoms with Crippen LogP contribution in [-0.4, -0.2) is 55.8 Å². The second-order valence-corrected chi connectivity index (χ2v) is 6.64. The van der Waals surface area contributed by atoms with Gasteiger partial charge in [0.25, 0.3) is 11.5 Å². The molecule has 4 rings (SSSR count). The zero-order valence-corrected chi connectivity index (χ0v) is 16.4. The third-order valence-electron chi connectivity index (χ3n) is 4.65. The van der Waals surface area contributed by atoms with E-state index in [0.717, 1.165) is 5.69 Å². The van der Waals surface area contributed by atoms with Crippen molar-refractivity contribution in [1.82, 2.24) is 29.6 Å². The van der Waals surface area contributed by atoms with Crippen LogP contribution in [0.1, 0.15) is 16.2 Å². The van der Waals surface area contributed by atoms with Crippen LogP contribution in [0.3, 0.4) is 0 Å². The summed E-state index contributed by atoms with van der Waals surface area (Å²) in [5.41, 5.74) is 1.67. The lowest BCUT2D eigenvalue weighted by atomic mass is 10.1. The van der Waals surface area contributed by atoms with Crippen molar-refractivity contribution in [1.29, 1.82) is 0 Å². The normalized spacial score (nSPS) is 11.0. The van der Waals surface area contributed by atoms with Crippen LogP contribution in [0.2, 0.25) is 0 Å². The zero-order valence-electron chi connectivity index (χ0n) is 16.4. The molecular formula is C21H20N6O3. The highest BCUT2D eigenvalue weighted by Gasteiger charge is 2.18. The van der Waals surface area contributed by atoms with E-state index in [0.29, 0.717) is 35.4 Å². The molecule has 0 aliphatic rings. The van der Waals surface area contributed by atoms with Gasteiger partial charge in [-0.15, -0.1) is 0 Å². The van der Waals surface area contributed by atoms with Crippen molar-refractivity contribution in [2.24, 2.45) is 0 Å². The molecule has 0 unspecified atom stereocenters. The summed E-state index contributed by atoms with van der Waals surface area (Å²) in [4.78, 5) is 38.3. The predicted molar refractivity (Wildman–Crippen MR) is 110 cm³/mol. The molecule has 1 N–H and O–H groups in total. The fourth-order valence-electron chi connectivity index (χ4n) is 3.13. The molecule has 0 atom stereocenters. The first kappa shape index (κ1) is 19.5. The van der Waals surface area contributed by atoms with Crippen LogP contribution >= 0.6 is 0 Å². The molecule has 30 heavy (non-hydrogen) atoms. The van der Waals surface area contributed by atoms with E-state index in [1.165, 1.54) is 6.33 Å². The fraction of sp³-hybridized carbons (Fsp3) is 0.190. The molecule has 0 radical (unpaired) electrons. The van der Waals surface area contributed by atoms with E-state index in [-0.39, 0.29) is 18.0 Å². The molecular weight excluding hydrogens is 384 g/mol. The number of hydrogen-bond acceptors (Lipinski definition) is 6. The predicted octanol–water partition coefficient (Wildman–Crippen LogP) is 1.79. The standard InChI is InChI=1S/C21H20N6O3/c1-30-11-10-26(12-19-24-18-5-3-2-4-17(18)20(28)25-19)21(29)15-6-8-16(9-7-15)27-14-22-13-23-27/h2-9,13-14H,10-12H2,1H3,(H,24,25,28). The molecule has 2 aromatic carbocycles. The lowest BCUT2D eigenvalue weighted by Gasteiger charge is -2.22. The number of rotatable bonds is 7. The van der Waals surface area contributed by atoms with E-state index in [4.69, 9.17) is 4.74 Å². The average molecular weight is 404 g/mol. The molecule has 152 valence electrons. The van der Waals surface area contributed by atoms with E-state index >= 15 is 0 Å². The van der Waals surface area contributed by atoms with Crippen LogP contribution in [0.15, 0.2) is 66.0 Å². The number of aromatic amines is 1. The Bertz CT molecular complexity index is 1200. The number of methoxy groups -OCH3 is 1. The molecule has 2 aromatic heterocycles. The van der Waals surface area contributed by atoms with E-state index in [9.17, 15) is 9.59 Å². The van der Waals surface area contributed by atoms with Crippen molar-refractivity contribution < 1.29 is 9.53 Å². The maximum absolute atomic E-state index is 13.1. The first-order valence-corrected chi connectivity index (χ1v) is 9.37. The Balaban J connectivity index is 1.59. The zero-order chi connectivity index (χ0) is 20.9. The molecule has 0 aliphatic heterocycles. The Labute approximate surface area is 172 Å². The molecule has 0 spiro atoms. The van der Waals surface area contributed by atoms with Gasteiger partial charge in [0.2, 0.25) is 0 Å². The highest BCUT2D eigenvalue weighted by atomic mass is 16.5. The maximum atomic E-state index is 13.1. The number of ether oxygens (including phenoxy) is 1. The van der Waals surface area contributed by atoms with Crippen LogP contribution in [-0.2, 0) is 11.3 Å². The molecule has 9 heteroatoms. The van der Waals surface area contributed by atoms with Gasteiger partial charge in [-0.3, -0.25) is 9.59 Å². The van der Waals surface area contributed by atoms with Crippen LogP contribution in [0.4, 0.5) is 0 Å². The number of aromatic nitrogens is 5. The van der Waals surface area contributed by atoms with Crippen LogP contribution in [0, 0.1) is 0 Å². The number of carbonyl (C=O) groups excluding carboxylic acids is 1. The van der Waals surface area contributed by atoms with Gasteiger partial charge in [-0.2, -0.15) is 5.10 Å². The Kier molecular flexibility index (Phi) is 5.62. The minimum absolute atomic E-state index is 0.160. The molecule has 2 heterocycles. The summed E-state index contributed by atoms with van der Waals surface area (Å²) in [5, 5.41) is 4.59. The third-order valence-corrected chi connectivity index (χ3v) is 4.65. The smallest absolute Gasteiger partial charge is 0.258 e. The Morgan fingerprint density at radius 3 is 2.70 bits per heavy atom. The summed E-state index contributed by atoms with van der Waals surface area (Å²) in [6, 6.07) is 14.2. The Hall–Kier alpha value is -3.85. The van der Waals surface area contributed by atoms with Crippen molar-refractivity contribution in [3.8, 4) is 5.69 Å². The van der Waals surface area contributed by atoms with Gasteiger partial charge < -0.3 is 14.6 Å². The van der Waals surface area contributed by atoms with Crippen LogP contribution in [0.25, 0.3) is 16.6 Å². The molecule has 0 saturated heterocycles. The van der Waals surface area contributed by atoms with E-state index < -0.39 is 0 Å². The number of para-hydroxylation sites is 1. The first-order chi connectivity index (χ1) is 14.7. The minimum atomic E-state index is -0.230. The maximum Gasteiger partial charge on any atom is 0.258 e. The molecule has 0 bridgehead atoms. The summed E-state index contributed by atoms with van der Waals surface area (Å²) in [6.07, 6.45) is 3.03. The van der Waals surface area contributed by atoms with Gasteiger partial charge in [0.05, 0.1) is 29.7 Å². The second kappa shape index (κ2) is 8.66. The molecule has 0 aliphatic carbocycles. The minimum Gasteiger partial charge on any atom is -0.383 e. The van der Waals surface area contributed by atoms with Crippen molar-refractivity contribution in [2.45, 2.75) is 6.54 Å². The van der Waals surface area contributed by atoms with Gasteiger partial charge >= 0.3 is 0 Å². The van der Waals surface area contributed by atoms with E-state index in [1.807, 2.05) is 6.07 Å². The van der Waals surface area contributed by atoms with Crippen LogP contribution in [0.5, 0.6) is 0 Å². The van der Waals surface area contributed by atoms with Crippen molar-refractivity contribution in [3.63, 3.8) is 0 Å². The van der Waals surface area contributed by atoms with E-state index in [1.54, 1.807) is 65.5 Å². The number of nitrogens with zero attached hydrogens (tertiary/aromatic N) is 5. The van der Waals surface area contributed by atoms with Crippen molar-refractivity contribution in [3.05, 3.63) is 82.9 Å². The lowest BCUT2D eigenvalue weighted by molar-refractivity contribution is 0.0675. The van der Waals surface area contributed by atoms with Gasteiger partial charge in [-0.25, -0.2) is 14.6 Å². The fourth-order valence-corrected chi connectivity index (χ4v) is 3.13. The summed E-state index contributed by atoms with van der Waals surface area (Å²) in [6.45, 7) is 0.879. The molecule has 4 aromatic rings. The van der Waals surface area contributed by atoms with Gasteiger partial charge in [0.15, 0.2) is 0 Å².